The lowest BCUT2D eigenvalue weighted by Crippen LogP contribution is -2.36. The number of nitrogens with one attached hydrogen (secondary N) is 1. The molecular weight excluding hydrogens is 232 g/mol. The maximum Gasteiger partial charge on any atom is 0.249 e. The van der Waals surface area contributed by atoms with E-state index in [-0.39, 0.29) is 12.0 Å². The molecule has 0 bridgehead atoms. The van der Waals surface area contributed by atoms with Crippen molar-refractivity contribution >= 4 is 11.6 Å². The molecule has 1 atom stereocenters. The van der Waals surface area contributed by atoms with Gasteiger partial charge in [0.2, 0.25) is 5.91 Å². The van der Waals surface area contributed by atoms with Crippen LogP contribution in [0.4, 0.5) is 5.69 Å². The van der Waals surface area contributed by atoms with Crippen LogP contribution in [0.15, 0.2) is 24.3 Å². The summed E-state index contributed by atoms with van der Waals surface area (Å²) in [5, 5.41) is 2.79. The fourth-order valence-corrected chi connectivity index (χ4v) is 1.85. The molecule has 18 heavy (non-hydrogen) atoms. The lowest BCUT2D eigenvalue weighted by Gasteiger charge is -2.11. The van der Waals surface area contributed by atoms with Gasteiger partial charge in [0.25, 0.3) is 0 Å². The Hall–Kier alpha value is -1.75. The zero-order valence-electron chi connectivity index (χ0n) is 10.2. The Kier molecular flexibility index (Phi) is 4.41. The minimum Gasteiger partial charge on any atom is -0.492 e. The molecule has 1 amide bonds. The molecule has 1 aliphatic rings. The van der Waals surface area contributed by atoms with Gasteiger partial charge in [-0.25, -0.2) is 0 Å². The molecule has 5 nitrogen and oxygen atoms in total. The Balaban J connectivity index is 1.65. The number of hydrogen-bond acceptors (Lipinski definition) is 4. The van der Waals surface area contributed by atoms with Crippen LogP contribution in [0, 0.1) is 0 Å². The van der Waals surface area contributed by atoms with Gasteiger partial charge >= 0.3 is 0 Å². The standard InChI is InChI=1S/C13H18N2O3/c14-10-3-1-4-11(9-10)17-8-6-15-13(16)12-5-2-7-18-12/h1,3-4,9,12H,2,5-8,14H2,(H,15,16)/t12-/m0/s1. The smallest absolute Gasteiger partial charge is 0.249 e. The third kappa shape index (κ3) is 3.63. The average Bonchev–Trinajstić information content (AvgIpc) is 2.88. The van der Waals surface area contributed by atoms with Gasteiger partial charge in [0.15, 0.2) is 0 Å². The van der Waals surface area contributed by atoms with Gasteiger partial charge in [0.1, 0.15) is 18.5 Å². The monoisotopic (exact) mass is 250 g/mol. The Bertz CT molecular complexity index is 403. The van der Waals surface area contributed by atoms with Gasteiger partial charge in [-0.2, -0.15) is 0 Å². The molecular formula is C13H18N2O3. The van der Waals surface area contributed by atoms with Crippen LogP contribution in [0.5, 0.6) is 5.75 Å². The molecule has 0 unspecified atom stereocenters. The minimum atomic E-state index is -0.280. The van der Waals surface area contributed by atoms with Crippen molar-refractivity contribution in [1.82, 2.24) is 5.32 Å². The fourth-order valence-electron chi connectivity index (χ4n) is 1.85. The van der Waals surface area contributed by atoms with Gasteiger partial charge in [-0.3, -0.25) is 4.79 Å². The SMILES string of the molecule is Nc1cccc(OCCNC(=O)[C@@H]2CCCO2)c1. The summed E-state index contributed by atoms with van der Waals surface area (Å²) in [6.07, 6.45) is 1.48. The van der Waals surface area contributed by atoms with Gasteiger partial charge in [-0.15, -0.1) is 0 Å². The van der Waals surface area contributed by atoms with E-state index in [9.17, 15) is 4.79 Å². The van der Waals surface area contributed by atoms with Gasteiger partial charge in [-0.05, 0) is 25.0 Å². The molecule has 2 rings (SSSR count). The van der Waals surface area contributed by atoms with E-state index in [0.29, 0.717) is 31.2 Å². The first kappa shape index (κ1) is 12.7. The van der Waals surface area contributed by atoms with E-state index in [0.717, 1.165) is 12.8 Å². The van der Waals surface area contributed by atoms with Crippen molar-refractivity contribution in [2.75, 3.05) is 25.5 Å². The number of carbonyl (C=O) groups excluding carboxylic acids is 1. The molecule has 1 saturated heterocycles. The number of nitrogens with two attached hydrogens (primary N) is 1. The molecule has 1 fully saturated rings. The van der Waals surface area contributed by atoms with Gasteiger partial charge < -0.3 is 20.5 Å². The second-order valence-electron chi connectivity index (χ2n) is 4.21. The Morgan fingerprint density at radius 2 is 2.44 bits per heavy atom. The molecule has 1 aromatic carbocycles. The zero-order valence-corrected chi connectivity index (χ0v) is 10.2. The number of benzene rings is 1. The van der Waals surface area contributed by atoms with Crippen LogP contribution in [0.3, 0.4) is 0 Å². The molecule has 1 heterocycles. The van der Waals surface area contributed by atoms with Crippen LogP contribution >= 0.6 is 0 Å². The fraction of sp³-hybridized carbons (Fsp3) is 0.462. The molecule has 0 saturated carbocycles. The van der Waals surface area contributed by atoms with Crippen molar-refractivity contribution < 1.29 is 14.3 Å². The molecule has 3 N–H and O–H groups in total. The predicted octanol–water partition coefficient (Wildman–Crippen LogP) is 0.943. The Labute approximate surface area is 106 Å². The molecule has 0 aliphatic carbocycles. The molecule has 0 spiro atoms. The van der Waals surface area contributed by atoms with Crippen molar-refractivity contribution in [2.24, 2.45) is 0 Å². The summed E-state index contributed by atoms with van der Waals surface area (Å²) >= 11 is 0. The zero-order chi connectivity index (χ0) is 12.8. The van der Waals surface area contributed by atoms with Crippen molar-refractivity contribution in [2.45, 2.75) is 18.9 Å². The summed E-state index contributed by atoms with van der Waals surface area (Å²) < 4.78 is 10.7. The maximum absolute atomic E-state index is 11.6. The number of ether oxygens (including phenoxy) is 2. The van der Waals surface area contributed by atoms with Crippen molar-refractivity contribution in [3.63, 3.8) is 0 Å². The van der Waals surface area contributed by atoms with Crippen LogP contribution in [0.2, 0.25) is 0 Å². The molecule has 0 aromatic heterocycles. The summed E-state index contributed by atoms with van der Waals surface area (Å²) in [6, 6.07) is 7.21. The van der Waals surface area contributed by atoms with E-state index in [1.807, 2.05) is 12.1 Å². The summed E-state index contributed by atoms with van der Waals surface area (Å²) in [5.74, 6) is 0.657. The molecule has 1 aromatic rings. The number of anilines is 1. The lowest BCUT2D eigenvalue weighted by atomic mass is 10.2. The van der Waals surface area contributed by atoms with Crippen molar-refractivity contribution in [3.05, 3.63) is 24.3 Å². The van der Waals surface area contributed by atoms with E-state index in [4.69, 9.17) is 15.2 Å². The second-order valence-corrected chi connectivity index (χ2v) is 4.21. The van der Waals surface area contributed by atoms with Crippen molar-refractivity contribution in [3.8, 4) is 5.75 Å². The highest BCUT2D eigenvalue weighted by Crippen LogP contribution is 2.14. The number of hydrogen-bond donors (Lipinski definition) is 2. The summed E-state index contributed by atoms with van der Waals surface area (Å²) in [5.41, 5.74) is 6.29. The first-order valence-corrected chi connectivity index (χ1v) is 6.13. The highest BCUT2D eigenvalue weighted by atomic mass is 16.5. The highest BCUT2D eigenvalue weighted by Gasteiger charge is 2.22. The quantitative estimate of drug-likeness (QED) is 0.602. The lowest BCUT2D eigenvalue weighted by molar-refractivity contribution is -0.130. The third-order valence-corrected chi connectivity index (χ3v) is 2.75. The van der Waals surface area contributed by atoms with Crippen LogP contribution < -0.4 is 15.8 Å². The summed E-state index contributed by atoms with van der Waals surface area (Å²) in [6.45, 7) is 1.56. The topological polar surface area (TPSA) is 73.6 Å². The maximum atomic E-state index is 11.6. The minimum absolute atomic E-state index is 0.0522. The number of amides is 1. The first-order chi connectivity index (χ1) is 8.75. The van der Waals surface area contributed by atoms with E-state index in [1.165, 1.54) is 0 Å². The average molecular weight is 250 g/mol. The second kappa shape index (κ2) is 6.26. The van der Waals surface area contributed by atoms with Gasteiger partial charge in [0, 0.05) is 18.4 Å². The number of rotatable bonds is 5. The third-order valence-electron chi connectivity index (χ3n) is 2.75. The van der Waals surface area contributed by atoms with E-state index in [1.54, 1.807) is 12.1 Å². The predicted molar refractivity (Wildman–Crippen MR) is 68.3 cm³/mol. The molecule has 0 radical (unpaired) electrons. The molecule has 5 heteroatoms. The van der Waals surface area contributed by atoms with Crippen LogP contribution in [0.25, 0.3) is 0 Å². The van der Waals surface area contributed by atoms with Crippen LogP contribution in [-0.4, -0.2) is 31.8 Å². The molecule has 1 aliphatic heterocycles. The van der Waals surface area contributed by atoms with E-state index >= 15 is 0 Å². The number of carbonyl (C=O) groups is 1. The highest BCUT2D eigenvalue weighted by molar-refractivity contribution is 5.80. The Morgan fingerprint density at radius 1 is 1.56 bits per heavy atom. The van der Waals surface area contributed by atoms with E-state index in [2.05, 4.69) is 5.32 Å². The normalized spacial score (nSPS) is 18.6. The van der Waals surface area contributed by atoms with Crippen LogP contribution in [-0.2, 0) is 9.53 Å². The largest absolute Gasteiger partial charge is 0.492 e. The van der Waals surface area contributed by atoms with Crippen molar-refractivity contribution in [1.29, 1.82) is 0 Å². The van der Waals surface area contributed by atoms with E-state index < -0.39 is 0 Å². The van der Waals surface area contributed by atoms with Gasteiger partial charge in [-0.1, -0.05) is 6.07 Å². The number of nitrogen functional groups attached to an aromatic ring is 1. The van der Waals surface area contributed by atoms with Crippen LogP contribution in [0.1, 0.15) is 12.8 Å². The van der Waals surface area contributed by atoms with Gasteiger partial charge in [0.05, 0.1) is 6.54 Å². The summed E-state index contributed by atoms with van der Waals surface area (Å²) in [4.78, 5) is 11.6. The first-order valence-electron chi connectivity index (χ1n) is 6.13. The Morgan fingerprint density at radius 3 is 3.17 bits per heavy atom. The molecule has 98 valence electrons. The summed E-state index contributed by atoms with van der Waals surface area (Å²) in [7, 11) is 0.